The second-order valence-electron chi connectivity index (χ2n) is 4.00. The van der Waals surface area contributed by atoms with Gasteiger partial charge >= 0.3 is 0 Å². The van der Waals surface area contributed by atoms with Gasteiger partial charge < -0.3 is 10.1 Å². The van der Waals surface area contributed by atoms with Gasteiger partial charge in [0.15, 0.2) is 0 Å². The highest BCUT2D eigenvalue weighted by Crippen LogP contribution is 2.11. The quantitative estimate of drug-likeness (QED) is 0.813. The molecule has 0 radical (unpaired) electrons. The highest BCUT2D eigenvalue weighted by molar-refractivity contribution is 7.90. The molecule has 0 atom stereocenters. The number of rotatable bonds is 6. The first-order valence-corrected chi connectivity index (χ1v) is 7.54. The summed E-state index contributed by atoms with van der Waals surface area (Å²) in [6.07, 6.45) is 1.37. The van der Waals surface area contributed by atoms with E-state index in [1.54, 1.807) is 31.4 Å². The fraction of sp³-hybridized carbons (Fsp3) is 0.417. The van der Waals surface area contributed by atoms with Crippen LogP contribution in [0.5, 0.6) is 5.75 Å². The van der Waals surface area contributed by atoms with Gasteiger partial charge in [-0.25, -0.2) is 8.42 Å². The van der Waals surface area contributed by atoms with Crippen LogP contribution in [0.1, 0.15) is 5.56 Å². The molecule has 5 nitrogen and oxygen atoms in total. The molecular formula is C12H17NO4S. The SMILES string of the molecule is COc1ccc(CC(=O)NCCS(C)(=O)=O)cc1. The van der Waals surface area contributed by atoms with Crippen molar-refractivity contribution in [2.24, 2.45) is 0 Å². The second kappa shape index (κ2) is 6.39. The molecule has 0 fully saturated rings. The molecule has 1 N–H and O–H groups in total. The van der Waals surface area contributed by atoms with Crippen molar-refractivity contribution in [2.75, 3.05) is 25.7 Å². The van der Waals surface area contributed by atoms with Crippen molar-refractivity contribution in [1.82, 2.24) is 5.32 Å². The smallest absolute Gasteiger partial charge is 0.224 e. The number of hydrogen-bond donors (Lipinski definition) is 1. The molecule has 1 aromatic carbocycles. The third-order valence-corrected chi connectivity index (χ3v) is 3.26. The summed E-state index contributed by atoms with van der Waals surface area (Å²) < 4.78 is 26.8. The van der Waals surface area contributed by atoms with E-state index in [4.69, 9.17) is 4.74 Å². The summed E-state index contributed by atoms with van der Waals surface area (Å²) in [5.74, 6) is 0.501. The molecule has 0 heterocycles. The lowest BCUT2D eigenvalue weighted by Gasteiger charge is -2.05. The Kier molecular flexibility index (Phi) is 5.15. The summed E-state index contributed by atoms with van der Waals surface area (Å²) in [7, 11) is -1.46. The van der Waals surface area contributed by atoms with Crippen molar-refractivity contribution in [3.63, 3.8) is 0 Å². The van der Waals surface area contributed by atoms with Crippen molar-refractivity contribution >= 4 is 15.7 Å². The van der Waals surface area contributed by atoms with Gasteiger partial charge in [0.1, 0.15) is 15.6 Å². The van der Waals surface area contributed by atoms with Crippen LogP contribution in [-0.2, 0) is 21.1 Å². The van der Waals surface area contributed by atoms with E-state index in [9.17, 15) is 13.2 Å². The van der Waals surface area contributed by atoms with Crippen LogP contribution in [0.25, 0.3) is 0 Å². The molecular weight excluding hydrogens is 254 g/mol. The molecule has 18 heavy (non-hydrogen) atoms. The monoisotopic (exact) mass is 271 g/mol. The summed E-state index contributed by atoms with van der Waals surface area (Å²) in [5.41, 5.74) is 0.854. The van der Waals surface area contributed by atoms with Gasteiger partial charge in [0.25, 0.3) is 0 Å². The van der Waals surface area contributed by atoms with E-state index in [0.717, 1.165) is 17.6 Å². The molecule has 0 aromatic heterocycles. The zero-order valence-electron chi connectivity index (χ0n) is 10.5. The van der Waals surface area contributed by atoms with E-state index >= 15 is 0 Å². The minimum Gasteiger partial charge on any atom is -0.497 e. The number of carbonyl (C=O) groups excluding carboxylic acids is 1. The predicted molar refractivity (Wildman–Crippen MR) is 69.4 cm³/mol. The molecule has 0 saturated heterocycles. The number of benzene rings is 1. The van der Waals surface area contributed by atoms with Gasteiger partial charge in [0.2, 0.25) is 5.91 Å². The van der Waals surface area contributed by atoms with E-state index in [-0.39, 0.29) is 24.6 Å². The van der Waals surface area contributed by atoms with Crippen molar-refractivity contribution < 1.29 is 17.9 Å². The van der Waals surface area contributed by atoms with Gasteiger partial charge in [0.05, 0.1) is 19.3 Å². The van der Waals surface area contributed by atoms with Crippen LogP contribution in [0.3, 0.4) is 0 Å². The first kappa shape index (κ1) is 14.5. The molecule has 1 aromatic rings. The fourth-order valence-corrected chi connectivity index (χ4v) is 1.84. The zero-order chi connectivity index (χ0) is 13.6. The van der Waals surface area contributed by atoms with Crippen LogP contribution < -0.4 is 10.1 Å². The summed E-state index contributed by atoms with van der Waals surface area (Å²) in [5, 5.41) is 2.57. The number of hydrogen-bond acceptors (Lipinski definition) is 4. The maximum Gasteiger partial charge on any atom is 0.224 e. The largest absolute Gasteiger partial charge is 0.497 e. The van der Waals surface area contributed by atoms with Crippen LogP contribution in [0.4, 0.5) is 0 Å². The molecule has 0 spiro atoms. The molecule has 0 aliphatic carbocycles. The number of amides is 1. The first-order chi connectivity index (χ1) is 8.40. The summed E-state index contributed by atoms with van der Waals surface area (Å²) >= 11 is 0. The Balaban J connectivity index is 2.39. The van der Waals surface area contributed by atoms with Crippen molar-refractivity contribution in [1.29, 1.82) is 0 Å². The lowest BCUT2D eigenvalue weighted by atomic mass is 10.1. The molecule has 1 amide bonds. The second-order valence-corrected chi connectivity index (χ2v) is 6.26. The molecule has 1 rings (SSSR count). The van der Waals surface area contributed by atoms with Gasteiger partial charge in [0, 0.05) is 12.8 Å². The number of sulfone groups is 1. The third-order valence-electron chi connectivity index (χ3n) is 2.32. The van der Waals surface area contributed by atoms with Gasteiger partial charge in [-0.3, -0.25) is 4.79 Å². The molecule has 0 aliphatic heterocycles. The number of carbonyl (C=O) groups is 1. The highest BCUT2D eigenvalue weighted by atomic mass is 32.2. The average molecular weight is 271 g/mol. The number of ether oxygens (including phenoxy) is 1. The predicted octanol–water partition coefficient (Wildman–Crippen LogP) is 0.398. The Morgan fingerprint density at radius 2 is 1.89 bits per heavy atom. The summed E-state index contributed by atoms with van der Waals surface area (Å²) in [4.78, 5) is 11.5. The Bertz CT molecular complexity index is 493. The number of methoxy groups -OCH3 is 1. The van der Waals surface area contributed by atoms with Crippen molar-refractivity contribution in [2.45, 2.75) is 6.42 Å². The minimum atomic E-state index is -3.03. The molecule has 6 heteroatoms. The Morgan fingerprint density at radius 1 is 1.28 bits per heavy atom. The average Bonchev–Trinajstić information content (AvgIpc) is 2.28. The van der Waals surface area contributed by atoms with E-state index in [1.165, 1.54) is 0 Å². The first-order valence-electron chi connectivity index (χ1n) is 5.48. The van der Waals surface area contributed by atoms with Crippen LogP contribution in [0, 0.1) is 0 Å². The van der Waals surface area contributed by atoms with Crippen LogP contribution >= 0.6 is 0 Å². The lowest BCUT2D eigenvalue weighted by Crippen LogP contribution is -2.29. The molecule has 0 unspecified atom stereocenters. The Labute approximate surface area is 107 Å². The van der Waals surface area contributed by atoms with Gasteiger partial charge in [-0.1, -0.05) is 12.1 Å². The minimum absolute atomic E-state index is 0.0403. The third kappa shape index (κ3) is 5.67. The summed E-state index contributed by atoms with van der Waals surface area (Å²) in [6, 6.07) is 7.15. The maximum absolute atomic E-state index is 11.5. The highest BCUT2D eigenvalue weighted by Gasteiger charge is 2.06. The molecule has 0 bridgehead atoms. The topological polar surface area (TPSA) is 72.5 Å². The normalized spacial score (nSPS) is 11.0. The van der Waals surface area contributed by atoms with E-state index in [1.807, 2.05) is 0 Å². The van der Waals surface area contributed by atoms with E-state index < -0.39 is 9.84 Å². The van der Waals surface area contributed by atoms with Crippen molar-refractivity contribution in [3.8, 4) is 5.75 Å². The van der Waals surface area contributed by atoms with Crippen LogP contribution in [0.2, 0.25) is 0 Å². The van der Waals surface area contributed by atoms with Crippen molar-refractivity contribution in [3.05, 3.63) is 29.8 Å². The Morgan fingerprint density at radius 3 is 2.39 bits per heavy atom. The standard InChI is InChI=1S/C12H17NO4S/c1-17-11-5-3-10(4-6-11)9-12(14)13-7-8-18(2,15)16/h3-6H,7-9H2,1-2H3,(H,13,14). The van der Waals surface area contributed by atoms with E-state index in [2.05, 4.69) is 5.32 Å². The van der Waals surface area contributed by atoms with Gasteiger partial charge in [-0.2, -0.15) is 0 Å². The van der Waals surface area contributed by atoms with Gasteiger partial charge in [-0.05, 0) is 17.7 Å². The van der Waals surface area contributed by atoms with E-state index in [0.29, 0.717) is 0 Å². The zero-order valence-corrected chi connectivity index (χ0v) is 11.3. The molecule has 100 valence electrons. The Hall–Kier alpha value is -1.56. The summed E-state index contributed by atoms with van der Waals surface area (Å²) in [6.45, 7) is 0.147. The molecule has 0 aliphatic rings. The fourth-order valence-electron chi connectivity index (χ4n) is 1.37. The maximum atomic E-state index is 11.5. The van der Waals surface area contributed by atoms with Gasteiger partial charge in [-0.15, -0.1) is 0 Å². The van der Waals surface area contributed by atoms with Crippen LogP contribution in [-0.4, -0.2) is 40.0 Å². The molecule has 0 saturated carbocycles. The van der Waals surface area contributed by atoms with Crippen LogP contribution in [0.15, 0.2) is 24.3 Å². The number of nitrogens with one attached hydrogen (secondary N) is 1. The lowest BCUT2D eigenvalue weighted by molar-refractivity contribution is -0.120.